The van der Waals surface area contributed by atoms with Crippen molar-refractivity contribution in [3.05, 3.63) is 12.3 Å². The molecule has 0 amide bonds. The van der Waals surface area contributed by atoms with Gasteiger partial charge in [-0.25, -0.2) is 0 Å². The number of nitrogens with one attached hydrogen (secondary N) is 1. The van der Waals surface area contributed by atoms with E-state index in [1.165, 1.54) is 19.3 Å². The molecule has 1 nitrogen and oxygen atoms in total. The van der Waals surface area contributed by atoms with Crippen LogP contribution in [0.3, 0.4) is 0 Å². The standard InChI is InChI=1S/C9H15N/c1-7-2-3-9-8(6-7)4-5-10-9/h4-5,7-10H,2-3,6H2,1H3/t7-,8?,9?/m0/s1. The van der Waals surface area contributed by atoms with E-state index in [2.05, 4.69) is 24.5 Å². The molecule has 10 heavy (non-hydrogen) atoms. The maximum absolute atomic E-state index is 3.40. The molecule has 2 unspecified atom stereocenters. The largest absolute Gasteiger partial charge is 0.388 e. The molecule has 1 heterocycles. The van der Waals surface area contributed by atoms with Gasteiger partial charge in [0, 0.05) is 6.04 Å². The van der Waals surface area contributed by atoms with E-state index in [9.17, 15) is 0 Å². The SMILES string of the molecule is C[C@H]1CCC2NC=CC2C1. The molecule has 0 aromatic rings. The zero-order valence-electron chi connectivity index (χ0n) is 6.51. The molecular weight excluding hydrogens is 122 g/mol. The highest BCUT2D eigenvalue weighted by Crippen LogP contribution is 2.31. The van der Waals surface area contributed by atoms with Gasteiger partial charge >= 0.3 is 0 Å². The van der Waals surface area contributed by atoms with Crippen LogP contribution in [0.4, 0.5) is 0 Å². The van der Waals surface area contributed by atoms with Gasteiger partial charge in [0.2, 0.25) is 0 Å². The molecule has 1 N–H and O–H groups in total. The van der Waals surface area contributed by atoms with Crippen LogP contribution in [-0.4, -0.2) is 6.04 Å². The van der Waals surface area contributed by atoms with Gasteiger partial charge in [-0.2, -0.15) is 0 Å². The first-order valence-electron chi connectivity index (χ1n) is 4.29. The summed E-state index contributed by atoms with van der Waals surface area (Å²) in [5.41, 5.74) is 0. The van der Waals surface area contributed by atoms with Crippen molar-refractivity contribution >= 4 is 0 Å². The summed E-state index contributed by atoms with van der Waals surface area (Å²) in [6, 6.07) is 0.788. The second-order valence-electron chi connectivity index (χ2n) is 3.71. The van der Waals surface area contributed by atoms with Gasteiger partial charge in [-0.15, -0.1) is 0 Å². The van der Waals surface area contributed by atoms with Crippen LogP contribution in [0.1, 0.15) is 26.2 Å². The normalized spacial score (nSPS) is 44.7. The molecule has 0 aromatic heterocycles. The molecule has 0 spiro atoms. The highest BCUT2D eigenvalue weighted by atomic mass is 14.9. The van der Waals surface area contributed by atoms with Gasteiger partial charge in [0.05, 0.1) is 0 Å². The Balaban J connectivity index is 2.01. The average Bonchev–Trinajstić information content (AvgIpc) is 2.33. The van der Waals surface area contributed by atoms with E-state index in [0.717, 1.165) is 17.9 Å². The van der Waals surface area contributed by atoms with E-state index in [1.807, 2.05) is 0 Å². The maximum atomic E-state index is 3.40. The predicted octanol–water partition coefficient (Wildman–Crippen LogP) is 1.91. The first-order valence-corrected chi connectivity index (χ1v) is 4.29. The third-order valence-electron chi connectivity index (χ3n) is 2.82. The van der Waals surface area contributed by atoms with E-state index < -0.39 is 0 Å². The molecule has 1 saturated carbocycles. The summed E-state index contributed by atoms with van der Waals surface area (Å²) < 4.78 is 0. The highest BCUT2D eigenvalue weighted by molar-refractivity contribution is 5.04. The summed E-state index contributed by atoms with van der Waals surface area (Å²) in [5, 5.41) is 3.40. The lowest BCUT2D eigenvalue weighted by molar-refractivity contribution is 0.281. The molecule has 2 aliphatic rings. The predicted molar refractivity (Wildman–Crippen MR) is 42.6 cm³/mol. The van der Waals surface area contributed by atoms with Crippen LogP contribution >= 0.6 is 0 Å². The Morgan fingerprint density at radius 3 is 3.20 bits per heavy atom. The van der Waals surface area contributed by atoms with Crippen LogP contribution in [0.2, 0.25) is 0 Å². The van der Waals surface area contributed by atoms with Crippen molar-refractivity contribution in [2.75, 3.05) is 0 Å². The quantitative estimate of drug-likeness (QED) is 0.537. The van der Waals surface area contributed by atoms with Crippen molar-refractivity contribution in [2.45, 2.75) is 32.2 Å². The van der Waals surface area contributed by atoms with Crippen LogP contribution in [0.25, 0.3) is 0 Å². The molecule has 56 valence electrons. The third-order valence-corrected chi connectivity index (χ3v) is 2.82. The smallest absolute Gasteiger partial charge is 0.0319 e. The molecule has 1 aliphatic carbocycles. The summed E-state index contributed by atoms with van der Waals surface area (Å²) in [4.78, 5) is 0. The van der Waals surface area contributed by atoms with Crippen LogP contribution in [0, 0.1) is 11.8 Å². The first-order chi connectivity index (χ1) is 4.86. The topological polar surface area (TPSA) is 12.0 Å². The second kappa shape index (κ2) is 2.30. The fourth-order valence-electron chi connectivity index (χ4n) is 2.15. The Morgan fingerprint density at radius 1 is 1.40 bits per heavy atom. The summed E-state index contributed by atoms with van der Waals surface area (Å²) in [6.45, 7) is 2.36. The summed E-state index contributed by atoms with van der Waals surface area (Å²) in [7, 11) is 0. The van der Waals surface area contributed by atoms with Crippen molar-refractivity contribution in [3.8, 4) is 0 Å². The number of rotatable bonds is 0. The molecule has 0 aromatic carbocycles. The summed E-state index contributed by atoms with van der Waals surface area (Å²) >= 11 is 0. The minimum atomic E-state index is 0.788. The van der Waals surface area contributed by atoms with Crippen molar-refractivity contribution in [3.63, 3.8) is 0 Å². The van der Waals surface area contributed by atoms with Crippen LogP contribution in [0.15, 0.2) is 12.3 Å². The van der Waals surface area contributed by atoms with E-state index in [-0.39, 0.29) is 0 Å². The Hall–Kier alpha value is -0.460. The minimum absolute atomic E-state index is 0.788. The van der Waals surface area contributed by atoms with Gasteiger partial charge in [0.25, 0.3) is 0 Å². The van der Waals surface area contributed by atoms with Gasteiger partial charge in [0.1, 0.15) is 0 Å². The fourth-order valence-corrected chi connectivity index (χ4v) is 2.15. The Kier molecular flexibility index (Phi) is 1.44. The van der Waals surface area contributed by atoms with Crippen LogP contribution < -0.4 is 5.32 Å². The Morgan fingerprint density at radius 2 is 2.30 bits per heavy atom. The number of hydrogen-bond acceptors (Lipinski definition) is 1. The van der Waals surface area contributed by atoms with E-state index in [1.54, 1.807) is 0 Å². The van der Waals surface area contributed by atoms with Gasteiger partial charge in [0.15, 0.2) is 0 Å². The first kappa shape index (κ1) is 6.26. The average molecular weight is 137 g/mol. The van der Waals surface area contributed by atoms with Gasteiger partial charge < -0.3 is 5.32 Å². The third kappa shape index (κ3) is 0.938. The molecule has 2 rings (SSSR count). The van der Waals surface area contributed by atoms with Crippen molar-refractivity contribution < 1.29 is 0 Å². The molecule has 0 saturated heterocycles. The fraction of sp³-hybridized carbons (Fsp3) is 0.778. The lowest BCUT2D eigenvalue weighted by atomic mass is 9.80. The van der Waals surface area contributed by atoms with Crippen LogP contribution in [0.5, 0.6) is 0 Å². The molecule has 1 fully saturated rings. The minimum Gasteiger partial charge on any atom is -0.388 e. The monoisotopic (exact) mass is 137 g/mol. The molecular formula is C9H15N. The van der Waals surface area contributed by atoms with Crippen LogP contribution in [-0.2, 0) is 0 Å². The van der Waals surface area contributed by atoms with E-state index >= 15 is 0 Å². The van der Waals surface area contributed by atoms with Gasteiger partial charge in [-0.05, 0) is 37.3 Å². The van der Waals surface area contributed by atoms with Crippen molar-refractivity contribution in [1.29, 1.82) is 0 Å². The molecule has 1 heteroatoms. The summed E-state index contributed by atoms with van der Waals surface area (Å²) in [5.74, 6) is 1.80. The lowest BCUT2D eigenvalue weighted by Crippen LogP contribution is -2.32. The highest BCUT2D eigenvalue weighted by Gasteiger charge is 2.28. The molecule has 3 atom stereocenters. The Bertz CT molecular complexity index is 151. The molecule has 1 aliphatic heterocycles. The van der Waals surface area contributed by atoms with Gasteiger partial charge in [-0.1, -0.05) is 13.0 Å². The van der Waals surface area contributed by atoms with E-state index in [4.69, 9.17) is 0 Å². The van der Waals surface area contributed by atoms with Crippen molar-refractivity contribution in [2.24, 2.45) is 11.8 Å². The maximum Gasteiger partial charge on any atom is 0.0319 e. The van der Waals surface area contributed by atoms with Gasteiger partial charge in [-0.3, -0.25) is 0 Å². The number of hydrogen-bond donors (Lipinski definition) is 1. The lowest BCUT2D eigenvalue weighted by Gasteiger charge is -2.29. The zero-order valence-corrected chi connectivity index (χ0v) is 6.51. The molecule has 0 radical (unpaired) electrons. The van der Waals surface area contributed by atoms with E-state index in [0.29, 0.717) is 0 Å². The summed E-state index contributed by atoms with van der Waals surface area (Å²) in [6.07, 6.45) is 8.65. The van der Waals surface area contributed by atoms with Crippen molar-refractivity contribution in [1.82, 2.24) is 5.32 Å². The number of fused-ring (bicyclic) bond motifs is 1. The Labute approximate surface area is 62.5 Å². The second-order valence-corrected chi connectivity index (χ2v) is 3.71. The molecule has 0 bridgehead atoms. The zero-order chi connectivity index (χ0) is 6.97.